The predicted octanol–water partition coefficient (Wildman–Crippen LogP) is 2.56. The van der Waals surface area contributed by atoms with Crippen molar-refractivity contribution in [2.24, 2.45) is 0 Å². The zero-order valence-corrected chi connectivity index (χ0v) is 10.8. The largest absolute Gasteiger partial charge is 0.319 e. The Kier molecular flexibility index (Phi) is 3.74. The molecule has 1 N–H and O–H groups in total. The zero-order valence-electron chi connectivity index (χ0n) is 10.0. The minimum absolute atomic E-state index is 0.184. The summed E-state index contributed by atoms with van der Waals surface area (Å²) in [5, 5.41) is 11.8. The highest BCUT2D eigenvalue weighted by molar-refractivity contribution is 6.33. The first-order chi connectivity index (χ1) is 9.10. The lowest BCUT2D eigenvalue weighted by molar-refractivity contribution is 0.102. The predicted molar refractivity (Wildman–Crippen MR) is 70.9 cm³/mol. The summed E-state index contributed by atoms with van der Waals surface area (Å²) >= 11 is 5.95. The number of nitrogens with zero attached hydrogens (tertiary/aromatic N) is 3. The van der Waals surface area contributed by atoms with Gasteiger partial charge in [0.1, 0.15) is 5.69 Å². The van der Waals surface area contributed by atoms with Crippen LogP contribution in [0.4, 0.5) is 5.69 Å². The van der Waals surface area contributed by atoms with E-state index >= 15 is 0 Å². The number of carbonyl (C=O) groups excluding carboxylic acids is 1. The Morgan fingerprint density at radius 2 is 2.16 bits per heavy atom. The minimum Gasteiger partial charge on any atom is -0.319 e. The van der Waals surface area contributed by atoms with Gasteiger partial charge in [0.05, 0.1) is 34.2 Å². The van der Waals surface area contributed by atoms with Gasteiger partial charge < -0.3 is 5.32 Å². The number of hydrogen-bond acceptors (Lipinski definition) is 4. The van der Waals surface area contributed by atoms with Crippen LogP contribution in [0.25, 0.3) is 0 Å². The van der Waals surface area contributed by atoms with Crippen LogP contribution < -0.4 is 5.32 Å². The van der Waals surface area contributed by atoms with Crippen LogP contribution in [-0.4, -0.2) is 15.9 Å². The molecule has 0 spiro atoms. The van der Waals surface area contributed by atoms with Gasteiger partial charge >= 0.3 is 0 Å². The Morgan fingerprint density at radius 3 is 2.79 bits per heavy atom. The first-order valence-electron chi connectivity index (χ1n) is 5.40. The van der Waals surface area contributed by atoms with Gasteiger partial charge in [-0.1, -0.05) is 11.6 Å². The van der Waals surface area contributed by atoms with Crippen LogP contribution in [0, 0.1) is 18.3 Å². The van der Waals surface area contributed by atoms with Crippen molar-refractivity contribution in [2.45, 2.75) is 6.92 Å². The molecule has 1 heterocycles. The van der Waals surface area contributed by atoms with Gasteiger partial charge in [0, 0.05) is 6.20 Å². The molecule has 0 aliphatic carbocycles. The molecule has 0 saturated carbocycles. The van der Waals surface area contributed by atoms with Gasteiger partial charge in [0.25, 0.3) is 5.91 Å². The lowest BCUT2D eigenvalue weighted by Gasteiger charge is -2.06. The Labute approximate surface area is 114 Å². The van der Waals surface area contributed by atoms with Crippen molar-refractivity contribution in [2.75, 3.05) is 5.32 Å². The Bertz CT molecular complexity index is 661. The van der Waals surface area contributed by atoms with E-state index in [4.69, 9.17) is 16.9 Å². The molecular formula is C13H9ClN4O. The lowest BCUT2D eigenvalue weighted by atomic mass is 10.2. The molecule has 0 aliphatic heterocycles. The van der Waals surface area contributed by atoms with Crippen LogP contribution in [0.2, 0.25) is 5.02 Å². The van der Waals surface area contributed by atoms with Crippen molar-refractivity contribution in [3.05, 3.63) is 52.6 Å². The first kappa shape index (κ1) is 13.0. The molecule has 2 rings (SSSR count). The van der Waals surface area contributed by atoms with E-state index in [9.17, 15) is 4.79 Å². The van der Waals surface area contributed by atoms with Crippen LogP contribution in [-0.2, 0) is 0 Å². The monoisotopic (exact) mass is 272 g/mol. The third kappa shape index (κ3) is 3.06. The zero-order chi connectivity index (χ0) is 13.8. The molecular weight excluding hydrogens is 264 g/mol. The van der Waals surface area contributed by atoms with Crippen molar-refractivity contribution in [3.63, 3.8) is 0 Å². The van der Waals surface area contributed by atoms with Gasteiger partial charge in [-0.15, -0.1) is 0 Å². The smallest absolute Gasteiger partial charge is 0.275 e. The summed E-state index contributed by atoms with van der Waals surface area (Å²) in [6, 6.07) is 6.60. The first-order valence-corrected chi connectivity index (χ1v) is 5.77. The lowest BCUT2D eigenvalue weighted by Crippen LogP contribution is -2.14. The molecule has 0 unspecified atom stereocenters. The number of rotatable bonds is 2. The Balaban J connectivity index is 2.24. The van der Waals surface area contributed by atoms with Gasteiger partial charge in [0.15, 0.2) is 0 Å². The molecule has 19 heavy (non-hydrogen) atoms. The van der Waals surface area contributed by atoms with E-state index in [0.29, 0.717) is 16.3 Å². The molecule has 1 aromatic heterocycles. The number of halogens is 1. The average molecular weight is 273 g/mol. The Hall–Kier alpha value is -2.45. The molecule has 6 heteroatoms. The van der Waals surface area contributed by atoms with Crippen LogP contribution in [0.15, 0.2) is 30.6 Å². The minimum atomic E-state index is -0.426. The number of hydrogen-bond donors (Lipinski definition) is 1. The van der Waals surface area contributed by atoms with Gasteiger partial charge in [-0.05, 0) is 25.1 Å². The van der Waals surface area contributed by atoms with Gasteiger partial charge in [-0.3, -0.25) is 9.78 Å². The highest BCUT2D eigenvalue weighted by Gasteiger charge is 2.10. The summed E-state index contributed by atoms with van der Waals surface area (Å²) in [6.45, 7) is 1.78. The fourth-order valence-corrected chi connectivity index (χ4v) is 1.55. The molecule has 0 radical (unpaired) electrons. The van der Waals surface area contributed by atoms with Crippen molar-refractivity contribution < 1.29 is 4.79 Å². The van der Waals surface area contributed by atoms with Gasteiger partial charge in [-0.2, -0.15) is 5.26 Å². The normalized spacial score (nSPS) is 9.74. The number of benzene rings is 1. The van der Waals surface area contributed by atoms with Crippen molar-refractivity contribution >= 4 is 23.2 Å². The standard InChI is InChI=1S/C13H9ClN4O/c1-8-6-17-12(7-16-8)13(19)18-11-4-9(5-15)2-3-10(11)14/h2-4,6-7H,1H3,(H,18,19). The maximum absolute atomic E-state index is 11.9. The highest BCUT2D eigenvalue weighted by Crippen LogP contribution is 2.23. The number of anilines is 1. The fourth-order valence-electron chi connectivity index (χ4n) is 1.39. The summed E-state index contributed by atoms with van der Waals surface area (Å²) < 4.78 is 0. The molecule has 0 aliphatic rings. The molecule has 5 nitrogen and oxygen atoms in total. The number of aryl methyl sites for hydroxylation is 1. The van der Waals surface area contributed by atoms with E-state index in [-0.39, 0.29) is 5.69 Å². The maximum Gasteiger partial charge on any atom is 0.275 e. The topological polar surface area (TPSA) is 78.7 Å². The third-order valence-electron chi connectivity index (χ3n) is 2.36. The van der Waals surface area contributed by atoms with Crippen LogP contribution >= 0.6 is 11.6 Å². The Morgan fingerprint density at radius 1 is 1.37 bits per heavy atom. The van der Waals surface area contributed by atoms with E-state index in [0.717, 1.165) is 5.69 Å². The van der Waals surface area contributed by atoms with Crippen molar-refractivity contribution in [3.8, 4) is 6.07 Å². The third-order valence-corrected chi connectivity index (χ3v) is 2.69. The summed E-state index contributed by atoms with van der Waals surface area (Å²) in [6.07, 6.45) is 2.88. The molecule has 94 valence electrons. The molecule has 0 atom stereocenters. The second-order valence-electron chi connectivity index (χ2n) is 3.80. The van der Waals surface area contributed by atoms with E-state index < -0.39 is 5.91 Å². The fraction of sp³-hybridized carbons (Fsp3) is 0.0769. The van der Waals surface area contributed by atoms with E-state index in [1.165, 1.54) is 18.5 Å². The second kappa shape index (κ2) is 5.46. The van der Waals surface area contributed by atoms with Crippen LogP contribution in [0.5, 0.6) is 0 Å². The van der Waals surface area contributed by atoms with E-state index in [1.54, 1.807) is 19.1 Å². The molecule has 0 fully saturated rings. The van der Waals surface area contributed by atoms with Gasteiger partial charge in [0.2, 0.25) is 0 Å². The van der Waals surface area contributed by atoms with E-state index in [1.807, 2.05) is 6.07 Å². The highest BCUT2D eigenvalue weighted by atomic mass is 35.5. The average Bonchev–Trinajstić information content (AvgIpc) is 2.42. The van der Waals surface area contributed by atoms with Crippen molar-refractivity contribution in [1.82, 2.24) is 9.97 Å². The summed E-state index contributed by atoms with van der Waals surface area (Å²) in [5.74, 6) is -0.426. The number of nitrogens with one attached hydrogen (secondary N) is 1. The maximum atomic E-state index is 11.9. The quantitative estimate of drug-likeness (QED) is 0.911. The van der Waals surface area contributed by atoms with E-state index in [2.05, 4.69) is 15.3 Å². The molecule has 0 saturated heterocycles. The van der Waals surface area contributed by atoms with Crippen molar-refractivity contribution in [1.29, 1.82) is 5.26 Å². The number of amides is 1. The number of carbonyl (C=O) groups is 1. The number of aromatic nitrogens is 2. The second-order valence-corrected chi connectivity index (χ2v) is 4.21. The van der Waals surface area contributed by atoms with Crippen LogP contribution in [0.1, 0.15) is 21.7 Å². The summed E-state index contributed by atoms with van der Waals surface area (Å²) in [4.78, 5) is 19.9. The molecule has 0 bridgehead atoms. The van der Waals surface area contributed by atoms with Gasteiger partial charge in [-0.25, -0.2) is 4.98 Å². The molecule has 1 aromatic carbocycles. The molecule has 1 amide bonds. The summed E-state index contributed by atoms with van der Waals surface area (Å²) in [5.41, 5.74) is 1.69. The molecule has 2 aromatic rings. The van der Waals surface area contributed by atoms with Crippen LogP contribution in [0.3, 0.4) is 0 Å². The number of nitriles is 1. The SMILES string of the molecule is Cc1cnc(C(=O)Nc2cc(C#N)ccc2Cl)cn1. The summed E-state index contributed by atoms with van der Waals surface area (Å²) in [7, 11) is 0.